The van der Waals surface area contributed by atoms with E-state index in [1.807, 2.05) is 0 Å². The van der Waals surface area contributed by atoms with Gasteiger partial charge in [0.15, 0.2) is 0 Å². The topological polar surface area (TPSA) is 78.4 Å². The van der Waals surface area contributed by atoms with Crippen molar-refractivity contribution in [1.29, 1.82) is 0 Å². The van der Waals surface area contributed by atoms with E-state index in [0.29, 0.717) is 12.6 Å². The lowest BCUT2D eigenvalue weighted by Crippen LogP contribution is -2.39. The molecular weight excluding hydrogens is 184 g/mol. The maximum atomic E-state index is 11.1. The van der Waals surface area contributed by atoms with Gasteiger partial charge in [0.1, 0.15) is 0 Å². The second-order valence-electron chi connectivity index (χ2n) is 3.83. The zero-order valence-electron chi connectivity index (χ0n) is 8.25. The van der Waals surface area contributed by atoms with Crippen LogP contribution in [0.3, 0.4) is 0 Å². The summed E-state index contributed by atoms with van der Waals surface area (Å²) in [5.74, 6) is -0.862. The van der Waals surface area contributed by atoms with E-state index in [4.69, 9.17) is 5.11 Å². The average Bonchev–Trinajstić information content (AvgIpc) is 2.83. The highest BCUT2D eigenvalue weighted by atomic mass is 16.4. The minimum absolute atomic E-state index is 0.0301. The SMILES string of the molecule is CC(CNC(=O)NC1CC1)CC(=O)O. The van der Waals surface area contributed by atoms with Crippen LogP contribution >= 0.6 is 0 Å². The van der Waals surface area contributed by atoms with E-state index in [9.17, 15) is 9.59 Å². The van der Waals surface area contributed by atoms with Gasteiger partial charge in [0.05, 0.1) is 0 Å². The normalized spacial score (nSPS) is 17.2. The van der Waals surface area contributed by atoms with Crippen molar-refractivity contribution in [2.45, 2.75) is 32.2 Å². The Morgan fingerprint density at radius 2 is 2.14 bits per heavy atom. The van der Waals surface area contributed by atoms with Crippen LogP contribution in [0.25, 0.3) is 0 Å². The molecule has 1 rings (SSSR count). The Balaban J connectivity index is 2.05. The lowest BCUT2D eigenvalue weighted by atomic mass is 10.1. The summed E-state index contributed by atoms with van der Waals surface area (Å²) in [5.41, 5.74) is 0. The summed E-state index contributed by atoms with van der Waals surface area (Å²) in [6.07, 6.45) is 2.19. The van der Waals surface area contributed by atoms with E-state index in [-0.39, 0.29) is 18.4 Å². The van der Waals surface area contributed by atoms with Crippen molar-refractivity contribution in [2.24, 2.45) is 5.92 Å². The summed E-state index contributed by atoms with van der Waals surface area (Å²) in [4.78, 5) is 21.4. The van der Waals surface area contributed by atoms with Crippen LogP contribution in [0.15, 0.2) is 0 Å². The first kappa shape index (κ1) is 10.8. The van der Waals surface area contributed by atoms with Crippen LogP contribution in [0.5, 0.6) is 0 Å². The van der Waals surface area contributed by atoms with Gasteiger partial charge in [-0.1, -0.05) is 6.92 Å². The average molecular weight is 200 g/mol. The summed E-state index contributed by atoms with van der Waals surface area (Å²) in [6, 6.07) is 0.148. The number of amides is 2. The van der Waals surface area contributed by atoms with Crippen molar-refractivity contribution in [1.82, 2.24) is 10.6 Å². The number of hydrogen-bond donors (Lipinski definition) is 3. The molecule has 0 aromatic rings. The fourth-order valence-corrected chi connectivity index (χ4v) is 1.10. The van der Waals surface area contributed by atoms with Crippen molar-refractivity contribution in [3.63, 3.8) is 0 Å². The minimum atomic E-state index is -0.832. The van der Waals surface area contributed by atoms with Crippen molar-refractivity contribution >= 4 is 12.0 Å². The van der Waals surface area contributed by atoms with Gasteiger partial charge in [0.2, 0.25) is 0 Å². The van der Waals surface area contributed by atoms with Gasteiger partial charge in [0.25, 0.3) is 0 Å². The Hall–Kier alpha value is -1.26. The highest BCUT2D eigenvalue weighted by Gasteiger charge is 2.23. The summed E-state index contributed by atoms with van der Waals surface area (Å²) in [5, 5.41) is 13.9. The molecule has 0 aromatic heterocycles. The molecule has 3 N–H and O–H groups in total. The molecule has 0 radical (unpaired) electrons. The van der Waals surface area contributed by atoms with Crippen molar-refractivity contribution in [2.75, 3.05) is 6.54 Å². The first-order valence-corrected chi connectivity index (χ1v) is 4.84. The Bertz CT molecular complexity index is 226. The number of aliphatic carboxylic acids is 1. The number of nitrogens with one attached hydrogen (secondary N) is 2. The molecule has 5 nitrogen and oxygen atoms in total. The third kappa shape index (κ3) is 4.69. The fourth-order valence-electron chi connectivity index (χ4n) is 1.10. The van der Waals surface area contributed by atoms with E-state index in [1.165, 1.54) is 0 Å². The monoisotopic (exact) mass is 200 g/mol. The number of hydrogen-bond acceptors (Lipinski definition) is 2. The molecule has 1 aliphatic rings. The van der Waals surface area contributed by atoms with Crippen LogP contribution in [0.4, 0.5) is 4.79 Å². The second-order valence-corrected chi connectivity index (χ2v) is 3.83. The molecule has 80 valence electrons. The lowest BCUT2D eigenvalue weighted by Gasteiger charge is -2.10. The highest BCUT2D eigenvalue weighted by Crippen LogP contribution is 2.18. The molecule has 1 atom stereocenters. The maximum absolute atomic E-state index is 11.1. The highest BCUT2D eigenvalue weighted by molar-refractivity contribution is 5.74. The predicted molar refractivity (Wildman–Crippen MR) is 51.0 cm³/mol. The van der Waals surface area contributed by atoms with Gasteiger partial charge in [-0.25, -0.2) is 4.79 Å². The molecule has 0 heterocycles. The van der Waals surface area contributed by atoms with E-state index in [2.05, 4.69) is 10.6 Å². The molecule has 1 aliphatic carbocycles. The molecule has 5 heteroatoms. The summed E-state index contributed by atoms with van der Waals surface area (Å²) >= 11 is 0. The molecular formula is C9H16N2O3. The maximum Gasteiger partial charge on any atom is 0.315 e. The summed E-state index contributed by atoms with van der Waals surface area (Å²) < 4.78 is 0. The zero-order chi connectivity index (χ0) is 10.6. The molecule has 2 amide bonds. The van der Waals surface area contributed by atoms with Crippen molar-refractivity contribution in [3.8, 4) is 0 Å². The number of rotatable bonds is 5. The summed E-state index contributed by atoms with van der Waals surface area (Å²) in [7, 11) is 0. The van der Waals surface area contributed by atoms with E-state index in [1.54, 1.807) is 6.92 Å². The van der Waals surface area contributed by atoms with Gasteiger partial charge in [-0.2, -0.15) is 0 Å². The number of carboxylic acids is 1. The molecule has 1 fully saturated rings. The van der Waals surface area contributed by atoms with Crippen LogP contribution in [0, 0.1) is 5.92 Å². The van der Waals surface area contributed by atoms with Crippen LogP contribution in [0.2, 0.25) is 0 Å². The molecule has 0 bridgehead atoms. The number of urea groups is 1. The van der Waals surface area contributed by atoms with Gasteiger partial charge in [-0.3, -0.25) is 4.79 Å². The quantitative estimate of drug-likeness (QED) is 0.606. The molecule has 1 saturated carbocycles. The molecule has 14 heavy (non-hydrogen) atoms. The number of carbonyl (C=O) groups is 2. The largest absolute Gasteiger partial charge is 0.481 e. The van der Waals surface area contributed by atoms with Gasteiger partial charge in [-0.15, -0.1) is 0 Å². The van der Waals surface area contributed by atoms with Crippen LogP contribution in [-0.4, -0.2) is 29.7 Å². The molecule has 0 spiro atoms. The summed E-state index contributed by atoms with van der Waals surface area (Å²) in [6.45, 7) is 2.20. The zero-order valence-corrected chi connectivity index (χ0v) is 8.25. The lowest BCUT2D eigenvalue weighted by molar-refractivity contribution is -0.137. The van der Waals surface area contributed by atoms with Gasteiger partial charge < -0.3 is 15.7 Å². The molecule has 1 unspecified atom stereocenters. The Morgan fingerprint density at radius 1 is 1.50 bits per heavy atom. The minimum Gasteiger partial charge on any atom is -0.481 e. The van der Waals surface area contributed by atoms with E-state index in [0.717, 1.165) is 12.8 Å². The Labute approximate surface area is 82.9 Å². The Morgan fingerprint density at radius 3 is 2.64 bits per heavy atom. The smallest absolute Gasteiger partial charge is 0.315 e. The second kappa shape index (κ2) is 4.83. The van der Waals surface area contributed by atoms with Gasteiger partial charge >= 0.3 is 12.0 Å². The first-order chi connectivity index (χ1) is 6.58. The third-order valence-electron chi connectivity index (χ3n) is 2.05. The van der Waals surface area contributed by atoms with Gasteiger partial charge in [-0.05, 0) is 18.8 Å². The van der Waals surface area contributed by atoms with Crippen LogP contribution < -0.4 is 10.6 Å². The first-order valence-electron chi connectivity index (χ1n) is 4.84. The molecule has 0 aliphatic heterocycles. The molecule has 0 saturated heterocycles. The van der Waals surface area contributed by atoms with Crippen LogP contribution in [-0.2, 0) is 4.79 Å². The van der Waals surface area contributed by atoms with E-state index < -0.39 is 5.97 Å². The van der Waals surface area contributed by atoms with E-state index >= 15 is 0 Å². The van der Waals surface area contributed by atoms with Gasteiger partial charge in [0, 0.05) is 19.0 Å². The standard InChI is InChI=1S/C9H16N2O3/c1-6(4-8(12)13)5-10-9(14)11-7-2-3-7/h6-7H,2-5H2,1H3,(H,12,13)(H2,10,11,14). The van der Waals surface area contributed by atoms with Crippen molar-refractivity contribution in [3.05, 3.63) is 0 Å². The van der Waals surface area contributed by atoms with Crippen molar-refractivity contribution < 1.29 is 14.7 Å². The third-order valence-corrected chi connectivity index (χ3v) is 2.05. The number of carboxylic acid groups (broad SMARTS) is 1. The van der Waals surface area contributed by atoms with Crippen LogP contribution in [0.1, 0.15) is 26.2 Å². The Kier molecular flexibility index (Phi) is 3.73. The predicted octanol–water partition coefficient (Wildman–Crippen LogP) is 0.559. The number of carbonyl (C=O) groups excluding carboxylic acids is 1. The molecule has 0 aromatic carbocycles. The fraction of sp³-hybridized carbons (Fsp3) is 0.778.